The minimum Gasteiger partial charge on any atom is -0.380 e. The fraction of sp³-hybridized carbons (Fsp3) is 0.600. The average Bonchev–Trinajstić information content (AvgIpc) is 2.81. The molecule has 1 saturated carbocycles. The van der Waals surface area contributed by atoms with Crippen LogP contribution in [0.25, 0.3) is 0 Å². The highest BCUT2D eigenvalue weighted by molar-refractivity contribution is 6.30. The Morgan fingerprint density at radius 1 is 1.32 bits per heavy atom. The van der Waals surface area contributed by atoms with E-state index in [2.05, 4.69) is 5.32 Å². The number of benzene rings is 1. The molecule has 1 aliphatic carbocycles. The molecule has 1 heterocycles. The zero-order valence-electron chi connectivity index (χ0n) is 10.9. The largest absolute Gasteiger partial charge is 0.380 e. The molecule has 1 N–H and O–H groups in total. The van der Waals surface area contributed by atoms with E-state index in [-0.39, 0.29) is 11.4 Å². The zero-order chi connectivity index (χ0) is 13.3. The van der Waals surface area contributed by atoms with Crippen molar-refractivity contribution in [3.8, 4) is 0 Å². The van der Waals surface area contributed by atoms with Gasteiger partial charge in [0.1, 0.15) is 5.82 Å². The van der Waals surface area contributed by atoms with E-state index in [1.807, 2.05) is 0 Å². The Morgan fingerprint density at radius 2 is 2.11 bits per heavy atom. The molecule has 2 aliphatic rings. The van der Waals surface area contributed by atoms with Gasteiger partial charge in [0.15, 0.2) is 0 Å². The molecule has 104 valence electrons. The van der Waals surface area contributed by atoms with Gasteiger partial charge < -0.3 is 10.1 Å². The Kier molecular flexibility index (Phi) is 3.68. The SMILES string of the molecule is Fc1cc(Cl)ccc1NC1CCOC2(CCCC2)C1. The molecule has 1 atom stereocenters. The van der Waals surface area contributed by atoms with Gasteiger partial charge in [-0.25, -0.2) is 4.39 Å². The first-order valence-electron chi connectivity index (χ1n) is 7.02. The number of anilines is 1. The van der Waals surface area contributed by atoms with Crippen molar-refractivity contribution in [1.82, 2.24) is 0 Å². The first-order valence-corrected chi connectivity index (χ1v) is 7.40. The Morgan fingerprint density at radius 3 is 2.84 bits per heavy atom. The van der Waals surface area contributed by atoms with Crippen molar-refractivity contribution in [3.05, 3.63) is 29.0 Å². The van der Waals surface area contributed by atoms with Crippen LogP contribution in [0.2, 0.25) is 5.02 Å². The predicted octanol–water partition coefficient (Wildman–Crippen LogP) is 4.38. The number of hydrogen-bond donors (Lipinski definition) is 1. The van der Waals surface area contributed by atoms with Crippen LogP contribution in [0, 0.1) is 5.82 Å². The highest BCUT2D eigenvalue weighted by Crippen LogP contribution is 2.40. The van der Waals surface area contributed by atoms with Gasteiger partial charge in [0, 0.05) is 17.7 Å². The highest BCUT2D eigenvalue weighted by atomic mass is 35.5. The maximum atomic E-state index is 13.8. The fourth-order valence-electron chi connectivity index (χ4n) is 3.35. The quantitative estimate of drug-likeness (QED) is 0.869. The maximum Gasteiger partial charge on any atom is 0.147 e. The molecule has 2 fully saturated rings. The predicted molar refractivity (Wildman–Crippen MR) is 75.2 cm³/mol. The van der Waals surface area contributed by atoms with Gasteiger partial charge >= 0.3 is 0 Å². The zero-order valence-corrected chi connectivity index (χ0v) is 11.7. The van der Waals surface area contributed by atoms with E-state index in [9.17, 15) is 4.39 Å². The van der Waals surface area contributed by atoms with Gasteiger partial charge in [-0.15, -0.1) is 0 Å². The summed E-state index contributed by atoms with van der Waals surface area (Å²) in [5, 5.41) is 3.75. The van der Waals surface area contributed by atoms with E-state index in [1.54, 1.807) is 12.1 Å². The molecule has 19 heavy (non-hydrogen) atoms. The van der Waals surface area contributed by atoms with Crippen LogP contribution in [0.4, 0.5) is 10.1 Å². The topological polar surface area (TPSA) is 21.3 Å². The standard InChI is InChI=1S/C15H19ClFNO/c16-11-3-4-14(13(17)9-11)18-12-5-8-19-15(10-12)6-1-2-7-15/h3-4,9,12,18H,1-2,5-8,10H2. The third-order valence-corrected chi connectivity index (χ3v) is 4.53. The Bertz CT molecular complexity index is 459. The molecule has 0 radical (unpaired) electrons. The van der Waals surface area contributed by atoms with Crippen LogP contribution in [0.15, 0.2) is 18.2 Å². The number of rotatable bonds is 2. The molecule has 1 unspecified atom stereocenters. The van der Waals surface area contributed by atoms with Gasteiger partial charge in [-0.2, -0.15) is 0 Å². The molecule has 2 nitrogen and oxygen atoms in total. The average molecular weight is 284 g/mol. The van der Waals surface area contributed by atoms with Crippen LogP contribution in [0.1, 0.15) is 38.5 Å². The molecule has 3 rings (SSSR count). The van der Waals surface area contributed by atoms with E-state index in [4.69, 9.17) is 16.3 Å². The van der Waals surface area contributed by atoms with Gasteiger partial charge in [-0.3, -0.25) is 0 Å². The molecule has 1 aliphatic heterocycles. The monoisotopic (exact) mass is 283 g/mol. The van der Waals surface area contributed by atoms with Gasteiger partial charge in [0.2, 0.25) is 0 Å². The van der Waals surface area contributed by atoms with Gasteiger partial charge in [0.05, 0.1) is 11.3 Å². The minimum absolute atomic E-state index is 0.0544. The third-order valence-electron chi connectivity index (χ3n) is 4.30. The van der Waals surface area contributed by atoms with Crippen LogP contribution in [-0.4, -0.2) is 18.2 Å². The molecule has 0 bridgehead atoms. The van der Waals surface area contributed by atoms with Crippen molar-refractivity contribution in [1.29, 1.82) is 0 Å². The van der Waals surface area contributed by atoms with E-state index in [1.165, 1.54) is 18.9 Å². The summed E-state index contributed by atoms with van der Waals surface area (Å²) in [7, 11) is 0. The van der Waals surface area contributed by atoms with Crippen molar-refractivity contribution >= 4 is 17.3 Å². The van der Waals surface area contributed by atoms with Gasteiger partial charge in [-0.05, 0) is 43.9 Å². The summed E-state index contributed by atoms with van der Waals surface area (Å²) in [5.41, 5.74) is 0.600. The maximum absolute atomic E-state index is 13.8. The Labute approximate surface area is 118 Å². The van der Waals surface area contributed by atoms with E-state index in [0.717, 1.165) is 32.3 Å². The molecule has 1 saturated heterocycles. The fourth-order valence-corrected chi connectivity index (χ4v) is 3.50. The second-order valence-corrected chi connectivity index (χ2v) is 6.13. The lowest BCUT2D eigenvalue weighted by Gasteiger charge is -2.39. The number of ether oxygens (including phenoxy) is 1. The lowest BCUT2D eigenvalue weighted by Crippen LogP contribution is -2.42. The summed E-state index contributed by atoms with van der Waals surface area (Å²) < 4.78 is 19.8. The van der Waals surface area contributed by atoms with Crippen LogP contribution in [-0.2, 0) is 4.74 Å². The van der Waals surface area contributed by atoms with Crippen molar-refractivity contribution in [2.75, 3.05) is 11.9 Å². The first kappa shape index (κ1) is 13.2. The smallest absolute Gasteiger partial charge is 0.147 e. The van der Waals surface area contributed by atoms with Crippen molar-refractivity contribution in [2.45, 2.75) is 50.2 Å². The van der Waals surface area contributed by atoms with Crippen molar-refractivity contribution < 1.29 is 9.13 Å². The number of halogens is 2. The van der Waals surface area contributed by atoms with Gasteiger partial charge in [0.25, 0.3) is 0 Å². The summed E-state index contributed by atoms with van der Waals surface area (Å²) in [4.78, 5) is 0. The van der Waals surface area contributed by atoms with E-state index < -0.39 is 0 Å². The molecule has 1 aromatic carbocycles. The Hall–Kier alpha value is -0.800. The second kappa shape index (κ2) is 5.29. The highest BCUT2D eigenvalue weighted by Gasteiger charge is 2.39. The molecular weight excluding hydrogens is 265 g/mol. The lowest BCUT2D eigenvalue weighted by atomic mass is 9.89. The normalized spacial score (nSPS) is 25.7. The van der Waals surface area contributed by atoms with E-state index >= 15 is 0 Å². The summed E-state index contributed by atoms with van der Waals surface area (Å²) in [5.74, 6) is -0.278. The summed E-state index contributed by atoms with van der Waals surface area (Å²) in [6.45, 7) is 0.771. The molecule has 0 aromatic heterocycles. The van der Waals surface area contributed by atoms with E-state index in [0.29, 0.717) is 16.8 Å². The van der Waals surface area contributed by atoms with Crippen LogP contribution < -0.4 is 5.32 Å². The minimum atomic E-state index is -0.278. The van der Waals surface area contributed by atoms with Gasteiger partial charge in [-0.1, -0.05) is 24.4 Å². The third kappa shape index (κ3) is 2.87. The molecule has 1 spiro atoms. The lowest BCUT2D eigenvalue weighted by molar-refractivity contribution is -0.0767. The summed E-state index contributed by atoms with van der Waals surface area (Å²) >= 11 is 5.77. The molecule has 4 heteroatoms. The number of nitrogens with one attached hydrogen (secondary N) is 1. The second-order valence-electron chi connectivity index (χ2n) is 5.70. The van der Waals surface area contributed by atoms with Crippen LogP contribution in [0.5, 0.6) is 0 Å². The molecule has 0 amide bonds. The van der Waals surface area contributed by atoms with Crippen molar-refractivity contribution in [3.63, 3.8) is 0 Å². The summed E-state index contributed by atoms with van der Waals surface area (Å²) in [6, 6.07) is 5.09. The number of hydrogen-bond acceptors (Lipinski definition) is 2. The van der Waals surface area contributed by atoms with Crippen LogP contribution >= 0.6 is 11.6 Å². The molecule has 1 aromatic rings. The first-order chi connectivity index (χ1) is 9.17. The van der Waals surface area contributed by atoms with Crippen molar-refractivity contribution in [2.24, 2.45) is 0 Å². The van der Waals surface area contributed by atoms with Crippen LogP contribution in [0.3, 0.4) is 0 Å². The molecular formula is C15H19ClFNO. The Balaban J connectivity index is 1.69. The summed E-state index contributed by atoms with van der Waals surface area (Å²) in [6.07, 6.45) is 6.71.